The second-order valence-electron chi connectivity index (χ2n) is 8.18. The second kappa shape index (κ2) is 9.85. The van der Waals surface area contributed by atoms with Gasteiger partial charge in [-0.25, -0.2) is 4.39 Å². The molecule has 3 aromatic rings. The molecule has 1 atom stereocenters. The summed E-state index contributed by atoms with van der Waals surface area (Å²) in [4.78, 5) is 26.3. The lowest BCUT2D eigenvalue weighted by atomic mass is 9.96. The maximum atomic E-state index is 14.9. The minimum absolute atomic E-state index is 0.00680. The number of hydrogen-bond acceptors (Lipinski definition) is 4. The van der Waals surface area contributed by atoms with E-state index in [1.54, 1.807) is 31.2 Å². The smallest absolute Gasteiger partial charge is 0.387 e. The Hall–Kier alpha value is -3.75. The van der Waals surface area contributed by atoms with Crippen LogP contribution < -0.4 is 14.4 Å². The molecule has 1 aliphatic rings. The Kier molecular flexibility index (Phi) is 6.86. The molecular weight excluding hydrogens is 463 g/mol. The van der Waals surface area contributed by atoms with Crippen LogP contribution >= 0.6 is 0 Å². The van der Waals surface area contributed by atoms with Gasteiger partial charge >= 0.3 is 12.6 Å². The van der Waals surface area contributed by atoms with Crippen LogP contribution in [0.3, 0.4) is 0 Å². The minimum Gasteiger partial charge on any atom is -0.492 e. The van der Waals surface area contributed by atoms with Gasteiger partial charge in [0, 0.05) is 27.6 Å². The zero-order valence-corrected chi connectivity index (χ0v) is 19.2. The Balaban J connectivity index is 1.85. The van der Waals surface area contributed by atoms with Crippen LogP contribution in [0.15, 0.2) is 42.5 Å². The van der Waals surface area contributed by atoms with Crippen molar-refractivity contribution in [1.29, 1.82) is 0 Å². The van der Waals surface area contributed by atoms with Crippen molar-refractivity contribution in [3.63, 3.8) is 0 Å². The topological polar surface area (TPSA) is 76.1 Å². The van der Waals surface area contributed by atoms with Gasteiger partial charge in [-0.3, -0.25) is 9.59 Å². The first-order valence-corrected chi connectivity index (χ1v) is 11.3. The third-order valence-electron chi connectivity index (χ3n) is 6.03. The largest absolute Gasteiger partial charge is 0.492 e. The Labute approximate surface area is 199 Å². The number of carboxylic acids is 1. The van der Waals surface area contributed by atoms with Crippen LogP contribution in [0.5, 0.6) is 11.5 Å². The maximum Gasteiger partial charge on any atom is 0.387 e. The molecule has 0 aromatic heterocycles. The second-order valence-corrected chi connectivity index (χ2v) is 8.18. The number of carbonyl (C=O) groups is 2. The highest BCUT2D eigenvalue weighted by Gasteiger charge is 2.38. The fourth-order valence-electron chi connectivity index (χ4n) is 4.45. The molecule has 35 heavy (non-hydrogen) atoms. The average Bonchev–Trinajstić information content (AvgIpc) is 3.17. The summed E-state index contributed by atoms with van der Waals surface area (Å²) in [6.45, 7) is 0.580. The molecule has 1 N–H and O–H groups in total. The van der Waals surface area contributed by atoms with E-state index in [0.717, 1.165) is 6.07 Å². The van der Waals surface area contributed by atoms with Crippen LogP contribution in [-0.2, 0) is 11.3 Å². The zero-order valence-electron chi connectivity index (χ0n) is 19.2. The monoisotopic (exact) mass is 487 g/mol. The highest BCUT2D eigenvalue weighted by molar-refractivity contribution is 6.16. The molecule has 0 fully saturated rings. The van der Waals surface area contributed by atoms with Crippen molar-refractivity contribution < 1.29 is 37.3 Å². The summed E-state index contributed by atoms with van der Waals surface area (Å²) in [7, 11) is 0. The first kappa shape index (κ1) is 24.4. The first-order valence-electron chi connectivity index (χ1n) is 11.3. The van der Waals surface area contributed by atoms with Crippen molar-refractivity contribution in [3.8, 4) is 11.5 Å². The van der Waals surface area contributed by atoms with E-state index in [1.807, 2.05) is 6.92 Å². The van der Waals surface area contributed by atoms with E-state index >= 15 is 0 Å². The number of nitrogens with zero attached hydrogens (tertiary/aromatic N) is 1. The molecular formula is C26H24F3NO5. The number of fused-ring (bicyclic) bond motifs is 2. The van der Waals surface area contributed by atoms with Crippen molar-refractivity contribution in [1.82, 2.24) is 0 Å². The Morgan fingerprint density at radius 3 is 2.37 bits per heavy atom. The summed E-state index contributed by atoms with van der Waals surface area (Å²) in [6.07, 6.45) is 0.851. The lowest BCUT2D eigenvalue weighted by Gasteiger charge is -2.18. The number of rotatable bonds is 9. The molecule has 0 radical (unpaired) electrons. The average molecular weight is 487 g/mol. The van der Waals surface area contributed by atoms with Gasteiger partial charge in [0.2, 0.25) is 0 Å². The number of hydrogen-bond donors (Lipinski definition) is 1. The number of ether oxygens (including phenoxy) is 2. The van der Waals surface area contributed by atoms with E-state index in [0.29, 0.717) is 23.8 Å². The summed E-state index contributed by atoms with van der Waals surface area (Å²) < 4.78 is 52.4. The quantitative estimate of drug-likeness (QED) is 0.394. The molecule has 0 saturated carbocycles. The molecule has 1 amide bonds. The van der Waals surface area contributed by atoms with Gasteiger partial charge in [0.25, 0.3) is 5.91 Å². The van der Waals surface area contributed by atoms with Crippen LogP contribution in [0.1, 0.15) is 54.1 Å². The molecule has 184 valence electrons. The van der Waals surface area contributed by atoms with E-state index in [2.05, 4.69) is 0 Å². The molecule has 0 aliphatic carbocycles. The number of amides is 1. The lowest BCUT2D eigenvalue weighted by molar-refractivity contribution is -0.138. The SMILES string of the molecule is CCCOc1c2c(c(OC(F)F)c3ccccc13)CN(c1ccc(C(CC)C(=O)O)c(F)c1)C2=O. The Bertz CT molecular complexity index is 1290. The number of carbonyl (C=O) groups excluding carboxylic acids is 1. The van der Waals surface area contributed by atoms with Crippen LogP contribution in [0.25, 0.3) is 10.8 Å². The number of halogens is 3. The minimum atomic E-state index is -3.12. The number of carboxylic acid groups (broad SMARTS) is 1. The number of alkyl halides is 2. The van der Waals surface area contributed by atoms with Crippen molar-refractivity contribution in [2.75, 3.05) is 11.5 Å². The predicted octanol–water partition coefficient (Wildman–Crippen LogP) is 6.11. The summed E-state index contributed by atoms with van der Waals surface area (Å²) in [5.41, 5.74) is 0.490. The maximum absolute atomic E-state index is 14.9. The number of anilines is 1. The van der Waals surface area contributed by atoms with Gasteiger partial charge in [-0.05, 0) is 25.0 Å². The molecule has 1 heterocycles. The van der Waals surface area contributed by atoms with Crippen molar-refractivity contribution in [2.45, 2.75) is 45.8 Å². The van der Waals surface area contributed by atoms with E-state index in [-0.39, 0.29) is 46.8 Å². The fourth-order valence-corrected chi connectivity index (χ4v) is 4.45. The van der Waals surface area contributed by atoms with E-state index in [9.17, 15) is 27.9 Å². The van der Waals surface area contributed by atoms with Gasteiger partial charge in [-0.2, -0.15) is 8.78 Å². The molecule has 9 heteroatoms. The van der Waals surface area contributed by atoms with Crippen LogP contribution in [-0.4, -0.2) is 30.2 Å². The summed E-state index contributed by atoms with van der Waals surface area (Å²) in [5.74, 6) is -3.35. The molecule has 1 unspecified atom stereocenters. The van der Waals surface area contributed by atoms with Crippen LogP contribution in [0, 0.1) is 5.82 Å². The zero-order chi connectivity index (χ0) is 25.3. The molecule has 4 rings (SSSR count). The molecule has 0 bridgehead atoms. The number of benzene rings is 3. The predicted molar refractivity (Wildman–Crippen MR) is 124 cm³/mol. The fraction of sp³-hybridized carbons (Fsp3) is 0.308. The van der Waals surface area contributed by atoms with Crippen molar-refractivity contribution in [2.24, 2.45) is 0 Å². The van der Waals surface area contributed by atoms with Gasteiger partial charge in [0.05, 0.1) is 24.6 Å². The van der Waals surface area contributed by atoms with Crippen molar-refractivity contribution in [3.05, 3.63) is 65.0 Å². The van der Waals surface area contributed by atoms with Crippen LogP contribution in [0.4, 0.5) is 18.9 Å². The van der Waals surface area contributed by atoms with E-state index < -0.39 is 30.2 Å². The summed E-state index contributed by atoms with van der Waals surface area (Å²) >= 11 is 0. The highest BCUT2D eigenvalue weighted by atomic mass is 19.3. The van der Waals surface area contributed by atoms with Gasteiger partial charge in [0.15, 0.2) is 0 Å². The number of aliphatic carboxylic acids is 1. The molecule has 6 nitrogen and oxygen atoms in total. The van der Waals surface area contributed by atoms with Crippen molar-refractivity contribution >= 4 is 28.3 Å². The third kappa shape index (κ3) is 4.38. The lowest BCUT2D eigenvalue weighted by Crippen LogP contribution is -2.24. The molecule has 0 saturated heterocycles. The third-order valence-corrected chi connectivity index (χ3v) is 6.03. The summed E-state index contributed by atoms with van der Waals surface area (Å²) in [5, 5.41) is 10.2. The summed E-state index contributed by atoms with van der Waals surface area (Å²) in [6, 6.07) is 10.5. The van der Waals surface area contributed by atoms with Gasteiger partial charge < -0.3 is 19.5 Å². The van der Waals surface area contributed by atoms with Crippen LogP contribution in [0.2, 0.25) is 0 Å². The molecule has 1 aliphatic heterocycles. The van der Waals surface area contributed by atoms with E-state index in [4.69, 9.17) is 9.47 Å². The van der Waals surface area contributed by atoms with Gasteiger partial charge in [0.1, 0.15) is 17.3 Å². The normalized spacial score (nSPS) is 13.9. The Morgan fingerprint density at radius 1 is 1.11 bits per heavy atom. The molecule has 3 aromatic carbocycles. The van der Waals surface area contributed by atoms with E-state index in [1.165, 1.54) is 17.0 Å². The van der Waals surface area contributed by atoms with Gasteiger partial charge in [-0.15, -0.1) is 0 Å². The Morgan fingerprint density at radius 2 is 1.80 bits per heavy atom. The highest BCUT2D eigenvalue weighted by Crippen LogP contribution is 2.46. The standard InChI is InChI=1S/C26H24F3NO5/c1-3-11-34-23-18-8-6-5-7-17(18)22(35-26(28)29)19-13-30(24(31)21(19)23)14-9-10-16(20(27)12-14)15(4-2)25(32)33/h5-10,12,15,26H,3-4,11,13H2,1-2H3,(H,32,33). The van der Waals surface area contributed by atoms with Gasteiger partial charge in [-0.1, -0.05) is 44.2 Å². The molecule has 0 spiro atoms. The first-order chi connectivity index (χ1) is 16.8.